The van der Waals surface area contributed by atoms with Gasteiger partial charge in [-0.2, -0.15) is 0 Å². The summed E-state index contributed by atoms with van der Waals surface area (Å²) in [5.41, 5.74) is 1.08. The largest absolute Gasteiger partial charge is 0.573 e. The van der Waals surface area contributed by atoms with Gasteiger partial charge >= 0.3 is 6.36 Å². The summed E-state index contributed by atoms with van der Waals surface area (Å²) in [4.78, 5) is 0. The minimum atomic E-state index is -4.62. The molecule has 1 aromatic carbocycles. The van der Waals surface area contributed by atoms with Gasteiger partial charge in [-0.25, -0.2) is 0 Å². The highest BCUT2D eigenvalue weighted by Crippen LogP contribution is 2.58. The molecule has 0 radical (unpaired) electrons. The molecule has 1 aromatic rings. The molecule has 18 heavy (non-hydrogen) atoms. The van der Waals surface area contributed by atoms with Crippen molar-refractivity contribution in [3.8, 4) is 5.75 Å². The smallest absolute Gasteiger partial charge is 0.406 e. The summed E-state index contributed by atoms with van der Waals surface area (Å²) < 4.78 is 40.5. The Morgan fingerprint density at radius 3 is 2.89 bits per heavy atom. The van der Waals surface area contributed by atoms with Crippen LogP contribution in [0.15, 0.2) is 24.3 Å². The summed E-state index contributed by atoms with van der Waals surface area (Å²) in [6.07, 6.45) is -2.56. The molecule has 0 amide bonds. The van der Waals surface area contributed by atoms with E-state index in [0.717, 1.165) is 31.5 Å². The molecule has 2 atom stereocenters. The van der Waals surface area contributed by atoms with Crippen LogP contribution >= 0.6 is 0 Å². The van der Waals surface area contributed by atoms with Gasteiger partial charge in [0, 0.05) is 5.41 Å². The number of piperidine rings is 1. The van der Waals surface area contributed by atoms with Crippen LogP contribution in [-0.4, -0.2) is 19.5 Å². The van der Waals surface area contributed by atoms with E-state index in [0.29, 0.717) is 5.92 Å². The van der Waals surface area contributed by atoms with Gasteiger partial charge in [0.15, 0.2) is 0 Å². The second-order valence-electron chi connectivity index (χ2n) is 5.09. The zero-order valence-electron chi connectivity index (χ0n) is 9.76. The molecule has 1 N–H and O–H groups in total. The minimum Gasteiger partial charge on any atom is -0.406 e. The summed E-state index contributed by atoms with van der Waals surface area (Å²) in [7, 11) is 0. The van der Waals surface area contributed by atoms with Gasteiger partial charge in [0.1, 0.15) is 5.75 Å². The third-order valence-electron chi connectivity index (χ3n) is 4.01. The molecule has 2 nitrogen and oxygen atoms in total. The lowest BCUT2D eigenvalue weighted by atomic mass is 9.88. The van der Waals surface area contributed by atoms with Crippen LogP contribution in [0.2, 0.25) is 0 Å². The van der Waals surface area contributed by atoms with Crippen LogP contribution in [0, 0.1) is 5.92 Å². The highest BCUT2D eigenvalue weighted by atomic mass is 19.4. The molecular weight excluding hydrogens is 243 g/mol. The Hall–Kier alpha value is -1.23. The average Bonchev–Trinajstić information content (AvgIpc) is 3.02. The fourth-order valence-electron chi connectivity index (χ4n) is 3.04. The normalized spacial score (nSPS) is 30.7. The van der Waals surface area contributed by atoms with Crippen molar-refractivity contribution in [3.63, 3.8) is 0 Å². The summed E-state index contributed by atoms with van der Waals surface area (Å²) in [5, 5.41) is 3.31. The standard InChI is InChI=1S/C13H14F3NO/c14-13(15,16)18-11-3-1-2-9(6-11)12-4-5-17-8-10(12)7-12/h1-3,6,10,17H,4-5,7-8H2. The molecule has 1 saturated carbocycles. The average molecular weight is 257 g/mol. The second kappa shape index (κ2) is 3.88. The molecule has 2 fully saturated rings. The molecule has 1 aliphatic carbocycles. The minimum absolute atomic E-state index is 0.0935. The van der Waals surface area contributed by atoms with E-state index in [-0.39, 0.29) is 11.2 Å². The highest BCUT2D eigenvalue weighted by Gasteiger charge is 2.55. The van der Waals surface area contributed by atoms with Crippen molar-refractivity contribution >= 4 is 0 Å². The third-order valence-corrected chi connectivity index (χ3v) is 4.01. The monoisotopic (exact) mass is 257 g/mol. The predicted molar refractivity (Wildman–Crippen MR) is 60.4 cm³/mol. The van der Waals surface area contributed by atoms with Crippen molar-refractivity contribution in [2.45, 2.75) is 24.6 Å². The molecule has 0 spiro atoms. The molecule has 3 rings (SSSR count). The van der Waals surface area contributed by atoms with E-state index in [4.69, 9.17) is 0 Å². The number of ether oxygens (including phenoxy) is 1. The third kappa shape index (κ3) is 2.07. The number of alkyl halides is 3. The van der Waals surface area contributed by atoms with E-state index in [1.54, 1.807) is 12.1 Å². The van der Waals surface area contributed by atoms with Crippen molar-refractivity contribution < 1.29 is 17.9 Å². The van der Waals surface area contributed by atoms with Crippen LogP contribution in [0.4, 0.5) is 13.2 Å². The molecule has 98 valence electrons. The first-order chi connectivity index (χ1) is 8.50. The van der Waals surface area contributed by atoms with E-state index < -0.39 is 6.36 Å². The number of nitrogens with one attached hydrogen (secondary N) is 1. The summed E-state index contributed by atoms with van der Waals surface area (Å²) in [6, 6.07) is 6.45. The summed E-state index contributed by atoms with van der Waals surface area (Å²) >= 11 is 0. The maximum atomic E-state index is 12.2. The molecule has 2 aliphatic rings. The number of rotatable bonds is 2. The van der Waals surface area contributed by atoms with Gasteiger partial charge in [0.05, 0.1) is 0 Å². The molecule has 1 heterocycles. The Morgan fingerprint density at radius 1 is 1.33 bits per heavy atom. The zero-order valence-corrected chi connectivity index (χ0v) is 9.76. The van der Waals surface area contributed by atoms with Crippen molar-refractivity contribution in [2.75, 3.05) is 13.1 Å². The van der Waals surface area contributed by atoms with Crippen LogP contribution in [-0.2, 0) is 5.41 Å². The lowest BCUT2D eigenvalue weighted by molar-refractivity contribution is -0.274. The van der Waals surface area contributed by atoms with Gasteiger partial charge in [-0.15, -0.1) is 13.2 Å². The van der Waals surface area contributed by atoms with E-state index in [1.165, 1.54) is 6.07 Å². The lowest BCUT2D eigenvalue weighted by Crippen LogP contribution is -2.31. The molecule has 1 saturated heterocycles. The topological polar surface area (TPSA) is 21.3 Å². The van der Waals surface area contributed by atoms with Crippen molar-refractivity contribution in [2.24, 2.45) is 5.92 Å². The first kappa shape index (κ1) is 11.8. The highest BCUT2D eigenvalue weighted by molar-refractivity contribution is 5.40. The van der Waals surface area contributed by atoms with Crippen LogP contribution in [0.25, 0.3) is 0 Å². The maximum Gasteiger partial charge on any atom is 0.573 e. The van der Waals surface area contributed by atoms with Gasteiger partial charge in [0.25, 0.3) is 0 Å². The van der Waals surface area contributed by atoms with E-state index in [1.807, 2.05) is 6.07 Å². The Labute approximate surface area is 103 Å². The van der Waals surface area contributed by atoms with Crippen LogP contribution in [0.1, 0.15) is 18.4 Å². The summed E-state index contributed by atoms with van der Waals surface area (Å²) in [6.45, 7) is 1.89. The fraction of sp³-hybridized carbons (Fsp3) is 0.538. The van der Waals surface area contributed by atoms with Crippen molar-refractivity contribution in [3.05, 3.63) is 29.8 Å². The SMILES string of the molecule is FC(F)(F)Oc1cccc(C23CCNCC2C3)c1. The molecule has 1 aliphatic heterocycles. The van der Waals surface area contributed by atoms with Crippen molar-refractivity contribution in [1.29, 1.82) is 0 Å². The molecule has 2 unspecified atom stereocenters. The quantitative estimate of drug-likeness (QED) is 0.879. The van der Waals surface area contributed by atoms with E-state index in [9.17, 15) is 13.2 Å². The second-order valence-corrected chi connectivity index (χ2v) is 5.09. The first-order valence-corrected chi connectivity index (χ1v) is 6.07. The molecule has 5 heteroatoms. The van der Waals surface area contributed by atoms with E-state index >= 15 is 0 Å². The Kier molecular flexibility index (Phi) is 2.55. The van der Waals surface area contributed by atoms with Crippen LogP contribution < -0.4 is 10.1 Å². The Bertz CT molecular complexity index is 460. The number of halogens is 3. The van der Waals surface area contributed by atoms with Gasteiger partial charge in [-0.1, -0.05) is 12.1 Å². The van der Waals surface area contributed by atoms with E-state index in [2.05, 4.69) is 10.1 Å². The van der Waals surface area contributed by atoms with Crippen LogP contribution in [0.3, 0.4) is 0 Å². The van der Waals surface area contributed by atoms with Gasteiger partial charge in [-0.3, -0.25) is 0 Å². The predicted octanol–water partition coefficient (Wildman–Crippen LogP) is 2.84. The van der Waals surface area contributed by atoms with Gasteiger partial charge in [0.2, 0.25) is 0 Å². The first-order valence-electron chi connectivity index (χ1n) is 6.07. The zero-order chi connectivity index (χ0) is 12.8. The fourth-order valence-corrected chi connectivity index (χ4v) is 3.04. The van der Waals surface area contributed by atoms with Crippen LogP contribution in [0.5, 0.6) is 5.75 Å². The lowest BCUT2D eigenvalue weighted by Gasteiger charge is -2.23. The number of fused-ring (bicyclic) bond motifs is 1. The van der Waals surface area contributed by atoms with Crippen molar-refractivity contribution in [1.82, 2.24) is 5.32 Å². The van der Waals surface area contributed by atoms with Gasteiger partial charge in [-0.05, 0) is 49.5 Å². The number of benzene rings is 1. The van der Waals surface area contributed by atoms with Gasteiger partial charge < -0.3 is 10.1 Å². The molecule has 0 bridgehead atoms. The number of hydrogen-bond acceptors (Lipinski definition) is 2. The Morgan fingerprint density at radius 2 is 2.17 bits per heavy atom. The number of hydrogen-bond donors (Lipinski definition) is 1. The molecule has 0 aromatic heterocycles. The Balaban J connectivity index is 1.84. The maximum absolute atomic E-state index is 12.2. The molecular formula is C13H14F3NO. The summed E-state index contributed by atoms with van der Waals surface area (Å²) in [5.74, 6) is 0.450.